The van der Waals surface area contributed by atoms with Gasteiger partial charge in [0.05, 0.1) is 18.4 Å². The molecule has 2 aliphatic rings. The Morgan fingerprint density at radius 3 is 2.93 bits per heavy atom. The van der Waals surface area contributed by atoms with Gasteiger partial charge in [0, 0.05) is 42.8 Å². The quantitative estimate of drug-likeness (QED) is 0.686. The van der Waals surface area contributed by atoms with Gasteiger partial charge >= 0.3 is 0 Å². The number of nitrogen functional groups attached to an aromatic ring is 1. The molecule has 0 saturated carbocycles. The SMILES string of the molecule is Cc1ccc(N)cc1C1=Cc2cnc(Nc3cnn(C)c3)nc2N2CCN=C12. The van der Waals surface area contributed by atoms with Crippen molar-refractivity contribution in [1.82, 2.24) is 19.7 Å². The fraction of sp³-hybridized carbons (Fsp3) is 0.200. The lowest BCUT2D eigenvalue weighted by molar-refractivity contribution is 0.768. The van der Waals surface area contributed by atoms with Crippen LogP contribution in [0.15, 0.2) is 41.8 Å². The zero-order valence-corrected chi connectivity index (χ0v) is 15.7. The zero-order chi connectivity index (χ0) is 19.3. The van der Waals surface area contributed by atoms with Crippen molar-refractivity contribution in [2.45, 2.75) is 6.92 Å². The first-order valence-electron chi connectivity index (χ1n) is 9.12. The molecule has 0 fully saturated rings. The lowest BCUT2D eigenvalue weighted by Crippen LogP contribution is -2.32. The lowest BCUT2D eigenvalue weighted by atomic mass is 9.94. The van der Waals surface area contributed by atoms with Gasteiger partial charge in [-0.15, -0.1) is 0 Å². The molecular formula is C20H20N8. The van der Waals surface area contributed by atoms with Crippen molar-refractivity contribution in [3.05, 3.63) is 53.5 Å². The Morgan fingerprint density at radius 2 is 2.11 bits per heavy atom. The number of aliphatic imine (C=N–C) groups is 1. The molecule has 3 aromatic rings. The Hall–Kier alpha value is -3.68. The molecule has 0 atom stereocenters. The molecule has 4 heterocycles. The van der Waals surface area contributed by atoms with Crippen molar-refractivity contribution in [3.63, 3.8) is 0 Å². The van der Waals surface area contributed by atoms with Crippen molar-refractivity contribution in [1.29, 1.82) is 0 Å². The third kappa shape index (κ3) is 2.70. The minimum atomic E-state index is 0.537. The number of hydrogen-bond donors (Lipinski definition) is 2. The van der Waals surface area contributed by atoms with E-state index in [1.54, 1.807) is 10.9 Å². The predicted molar refractivity (Wildman–Crippen MR) is 112 cm³/mol. The number of fused-ring (bicyclic) bond motifs is 3. The summed E-state index contributed by atoms with van der Waals surface area (Å²) in [5.74, 6) is 2.34. The van der Waals surface area contributed by atoms with Gasteiger partial charge in [-0.05, 0) is 36.3 Å². The van der Waals surface area contributed by atoms with E-state index >= 15 is 0 Å². The molecule has 3 N–H and O–H groups in total. The van der Waals surface area contributed by atoms with Gasteiger partial charge < -0.3 is 16.0 Å². The van der Waals surface area contributed by atoms with Crippen LogP contribution in [0.2, 0.25) is 0 Å². The molecule has 0 bridgehead atoms. The molecule has 0 unspecified atom stereocenters. The molecule has 0 amide bonds. The molecule has 5 rings (SSSR count). The van der Waals surface area contributed by atoms with E-state index in [-0.39, 0.29) is 0 Å². The summed E-state index contributed by atoms with van der Waals surface area (Å²) in [5.41, 5.74) is 11.9. The highest BCUT2D eigenvalue weighted by atomic mass is 15.3. The second kappa shape index (κ2) is 6.19. The van der Waals surface area contributed by atoms with Crippen LogP contribution in [0.1, 0.15) is 16.7 Å². The maximum Gasteiger partial charge on any atom is 0.229 e. The number of amidine groups is 1. The lowest BCUT2D eigenvalue weighted by Gasteiger charge is -2.28. The highest BCUT2D eigenvalue weighted by molar-refractivity contribution is 6.36. The Balaban J connectivity index is 1.58. The first-order valence-corrected chi connectivity index (χ1v) is 9.12. The Morgan fingerprint density at radius 1 is 1.21 bits per heavy atom. The fourth-order valence-electron chi connectivity index (χ4n) is 3.61. The van der Waals surface area contributed by atoms with E-state index < -0.39 is 0 Å². The average Bonchev–Trinajstić information content (AvgIpc) is 3.33. The molecule has 2 aromatic heterocycles. The average molecular weight is 372 g/mol. The van der Waals surface area contributed by atoms with E-state index in [9.17, 15) is 0 Å². The minimum Gasteiger partial charge on any atom is -0.399 e. The van der Waals surface area contributed by atoms with Crippen LogP contribution in [-0.2, 0) is 7.05 Å². The van der Waals surface area contributed by atoms with Crippen molar-refractivity contribution in [2.75, 3.05) is 29.0 Å². The van der Waals surface area contributed by atoms with Gasteiger partial charge in [0.25, 0.3) is 0 Å². The van der Waals surface area contributed by atoms with Crippen LogP contribution in [-0.4, -0.2) is 38.7 Å². The number of aryl methyl sites for hydroxylation is 2. The number of benzene rings is 1. The maximum atomic E-state index is 6.04. The molecule has 0 spiro atoms. The summed E-state index contributed by atoms with van der Waals surface area (Å²) in [6.45, 7) is 3.62. The smallest absolute Gasteiger partial charge is 0.229 e. The van der Waals surface area contributed by atoms with Gasteiger partial charge in [-0.3, -0.25) is 9.67 Å². The first-order chi connectivity index (χ1) is 13.6. The summed E-state index contributed by atoms with van der Waals surface area (Å²) < 4.78 is 1.73. The second-order valence-electron chi connectivity index (χ2n) is 6.99. The summed E-state index contributed by atoms with van der Waals surface area (Å²) in [6, 6.07) is 5.96. The number of rotatable bonds is 3. The van der Waals surface area contributed by atoms with Crippen molar-refractivity contribution in [2.24, 2.45) is 12.0 Å². The summed E-state index contributed by atoms with van der Waals surface area (Å²) >= 11 is 0. The van der Waals surface area contributed by atoms with E-state index in [2.05, 4.69) is 33.3 Å². The molecule has 0 saturated heterocycles. The van der Waals surface area contributed by atoms with Crippen molar-refractivity contribution >= 4 is 40.6 Å². The van der Waals surface area contributed by atoms with Crippen LogP contribution in [0.4, 0.5) is 23.1 Å². The Labute approximate surface area is 162 Å². The van der Waals surface area contributed by atoms with Crippen LogP contribution in [0, 0.1) is 6.92 Å². The molecule has 2 aliphatic heterocycles. The number of nitrogens with zero attached hydrogens (tertiary/aromatic N) is 6. The third-order valence-corrected chi connectivity index (χ3v) is 4.95. The first kappa shape index (κ1) is 16.5. The molecule has 28 heavy (non-hydrogen) atoms. The van der Waals surface area contributed by atoms with Gasteiger partial charge in [0.2, 0.25) is 5.95 Å². The van der Waals surface area contributed by atoms with Gasteiger partial charge in [-0.2, -0.15) is 10.1 Å². The normalized spacial score (nSPS) is 15.0. The van der Waals surface area contributed by atoms with E-state index in [4.69, 9.17) is 15.7 Å². The molecular weight excluding hydrogens is 352 g/mol. The van der Waals surface area contributed by atoms with Crippen LogP contribution >= 0.6 is 0 Å². The van der Waals surface area contributed by atoms with E-state index in [0.717, 1.165) is 58.4 Å². The Kier molecular flexibility index (Phi) is 3.65. The number of nitrogens with one attached hydrogen (secondary N) is 1. The maximum absolute atomic E-state index is 6.04. The summed E-state index contributed by atoms with van der Waals surface area (Å²) in [4.78, 5) is 16.1. The number of hydrogen-bond acceptors (Lipinski definition) is 7. The van der Waals surface area contributed by atoms with Crippen LogP contribution in [0.5, 0.6) is 0 Å². The monoisotopic (exact) mass is 372 g/mol. The van der Waals surface area contributed by atoms with Crippen LogP contribution < -0.4 is 16.0 Å². The summed E-state index contributed by atoms with van der Waals surface area (Å²) in [6.07, 6.45) is 7.57. The molecule has 0 radical (unpaired) electrons. The van der Waals surface area contributed by atoms with Gasteiger partial charge in [-0.25, -0.2) is 4.98 Å². The van der Waals surface area contributed by atoms with Gasteiger partial charge in [-0.1, -0.05) is 6.07 Å². The highest BCUT2D eigenvalue weighted by Crippen LogP contribution is 2.36. The number of aromatic nitrogens is 4. The fourth-order valence-corrected chi connectivity index (χ4v) is 3.61. The van der Waals surface area contributed by atoms with Crippen molar-refractivity contribution in [3.8, 4) is 0 Å². The Bertz CT molecular complexity index is 1140. The topological polar surface area (TPSA) is 97.2 Å². The van der Waals surface area contributed by atoms with Crippen molar-refractivity contribution < 1.29 is 0 Å². The van der Waals surface area contributed by atoms with E-state index in [0.29, 0.717) is 5.95 Å². The van der Waals surface area contributed by atoms with Gasteiger partial charge in [0.15, 0.2) is 0 Å². The predicted octanol–water partition coefficient (Wildman–Crippen LogP) is 2.62. The minimum absolute atomic E-state index is 0.537. The van der Waals surface area contributed by atoms with E-state index in [1.807, 2.05) is 37.6 Å². The standard InChI is InChI=1S/C20H20N8/c1-12-3-4-14(21)8-16(12)17-7-13-9-23-20(25-15-10-24-27(2)11-15)26-18(13)28-6-5-22-19(17)28/h3-4,7-11H,5-6,21H2,1-2H3,(H,23,25,26). The third-order valence-electron chi connectivity index (χ3n) is 4.95. The molecule has 8 heteroatoms. The largest absolute Gasteiger partial charge is 0.399 e. The summed E-state index contributed by atoms with van der Waals surface area (Å²) in [5, 5.41) is 7.37. The molecule has 1 aromatic carbocycles. The van der Waals surface area contributed by atoms with Gasteiger partial charge in [0.1, 0.15) is 11.7 Å². The van der Waals surface area contributed by atoms with Crippen LogP contribution in [0.25, 0.3) is 11.6 Å². The highest BCUT2D eigenvalue weighted by Gasteiger charge is 2.31. The van der Waals surface area contributed by atoms with Crippen LogP contribution in [0.3, 0.4) is 0 Å². The number of nitrogens with two attached hydrogens (primary N) is 1. The molecule has 8 nitrogen and oxygen atoms in total. The zero-order valence-electron chi connectivity index (χ0n) is 15.7. The molecule has 140 valence electrons. The summed E-state index contributed by atoms with van der Waals surface area (Å²) in [7, 11) is 1.87. The van der Waals surface area contributed by atoms with E-state index in [1.165, 1.54) is 0 Å². The number of anilines is 4. The molecule has 0 aliphatic carbocycles. The second-order valence-corrected chi connectivity index (χ2v) is 6.99.